The number of benzene rings is 2. The summed E-state index contributed by atoms with van der Waals surface area (Å²) in [6.07, 6.45) is 3.98. The lowest BCUT2D eigenvalue weighted by Crippen LogP contribution is -2.51. The number of likely N-dealkylation sites (tertiary alicyclic amines) is 1. The summed E-state index contributed by atoms with van der Waals surface area (Å²) in [6.45, 7) is 0.672. The van der Waals surface area contributed by atoms with Crippen molar-refractivity contribution in [2.45, 2.75) is 31.5 Å². The van der Waals surface area contributed by atoms with Crippen molar-refractivity contribution in [1.29, 1.82) is 0 Å². The smallest absolute Gasteiger partial charge is 0.254 e. The monoisotopic (exact) mass is 432 g/mol. The molecule has 0 saturated carbocycles. The number of rotatable bonds is 4. The molecule has 8 nitrogen and oxygen atoms in total. The Morgan fingerprint density at radius 2 is 2.06 bits per heavy atom. The molecule has 2 aromatic carbocycles. The van der Waals surface area contributed by atoms with Crippen LogP contribution >= 0.6 is 0 Å². The van der Waals surface area contributed by atoms with E-state index in [1.807, 2.05) is 36.5 Å². The van der Waals surface area contributed by atoms with E-state index in [4.69, 9.17) is 4.74 Å². The lowest BCUT2D eigenvalue weighted by atomic mass is 10.0. The number of aliphatic hydroxyl groups excluding tert-OH is 1. The number of nitrogens with one attached hydrogen (secondary N) is 1. The molecule has 1 aromatic heterocycles. The summed E-state index contributed by atoms with van der Waals surface area (Å²) in [5, 5.41) is 17.7. The van der Waals surface area contributed by atoms with Crippen LogP contribution in [0.2, 0.25) is 0 Å². The van der Waals surface area contributed by atoms with Crippen LogP contribution in [0.1, 0.15) is 28.8 Å². The van der Waals surface area contributed by atoms with Crippen LogP contribution in [0, 0.1) is 0 Å². The van der Waals surface area contributed by atoms with Crippen LogP contribution in [0.5, 0.6) is 5.75 Å². The van der Waals surface area contributed by atoms with E-state index in [1.54, 1.807) is 34.0 Å². The lowest BCUT2D eigenvalue weighted by molar-refractivity contribution is -0.116. The normalized spacial score (nSPS) is 20.4. The highest BCUT2D eigenvalue weighted by molar-refractivity contribution is 5.95. The van der Waals surface area contributed by atoms with Gasteiger partial charge in [-0.1, -0.05) is 12.1 Å². The molecule has 0 bridgehead atoms. The standard InChI is InChI=1S/C24H24N4O4/c29-21-15-27(24(31)17-3-1-4-18(13-17)28-11-2-10-25-28)12-9-22(21)32-19-7-5-16-6-8-23(30)26-20(16)14-19/h1-5,7,10-11,13-14,21-22,29H,6,8-9,12,15H2,(H,26,30)/t21-,22-/m1/s1. The number of aliphatic hydroxyl groups is 1. The molecule has 3 heterocycles. The van der Waals surface area contributed by atoms with Gasteiger partial charge in [0, 0.05) is 49.1 Å². The highest BCUT2D eigenvalue weighted by atomic mass is 16.5. The van der Waals surface area contributed by atoms with E-state index in [1.165, 1.54) is 0 Å². The predicted molar refractivity (Wildman–Crippen MR) is 118 cm³/mol. The number of hydrogen-bond donors (Lipinski definition) is 2. The Kier molecular flexibility index (Phi) is 5.36. The average Bonchev–Trinajstić information content (AvgIpc) is 3.35. The first-order chi connectivity index (χ1) is 15.6. The van der Waals surface area contributed by atoms with E-state index in [0.717, 1.165) is 16.9 Å². The molecular weight excluding hydrogens is 408 g/mol. The van der Waals surface area contributed by atoms with Gasteiger partial charge in [0.05, 0.1) is 12.2 Å². The fraction of sp³-hybridized carbons (Fsp3) is 0.292. The number of carbonyl (C=O) groups excluding carboxylic acids is 2. The van der Waals surface area contributed by atoms with Crippen molar-refractivity contribution in [2.75, 3.05) is 18.4 Å². The third-order valence-corrected chi connectivity index (χ3v) is 5.93. The molecule has 8 heteroatoms. The summed E-state index contributed by atoms with van der Waals surface area (Å²) < 4.78 is 7.72. The molecule has 0 radical (unpaired) electrons. The van der Waals surface area contributed by atoms with Gasteiger partial charge in [-0.05, 0) is 42.3 Å². The zero-order valence-electron chi connectivity index (χ0n) is 17.5. The number of aromatic nitrogens is 2. The lowest BCUT2D eigenvalue weighted by Gasteiger charge is -2.36. The van der Waals surface area contributed by atoms with Crippen LogP contribution in [0.4, 0.5) is 5.69 Å². The van der Waals surface area contributed by atoms with E-state index >= 15 is 0 Å². The number of ether oxygens (including phenoxy) is 1. The summed E-state index contributed by atoms with van der Waals surface area (Å²) >= 11 is 0. The van der Waals surface area contributed by atoms with E-state index < -0.39 is 12.2 Å². The third-order valence-electron chi connectivity index (χ3n) is 5.93. The number of aryl methyl sites for hydroxylation is 1. The fourth-order valence-corrected chi connectivity index (χ4v) is 4.22. The van der Waals surface area contributed by atoms with Crippen LogP contribution in [0.25, 0.3) is 5.69 Å². The van der Waals surface area contributed by atoms with Crippen LogP contribution < -0.4 is 10.1 Å². The molecule has 2 atom stereocenters. The topological polar surface area (TPSA) is 96.7 Å². The minimum Gasteiger partial charge on any atom is -0.488 e. The predicted octanol–water partition coefficient (Wildman–Crippen LogP) is 2.41. The Labute approximate surface area is 185 Å². The molecule has 0 aliphatic carbocycles. The summed E-state index contributed by atoms with van der Waals surface area (Å²) in [5.41, 5.74) is 3.20. The van der Waals surface area contributed by atoms with Crippen LogP contribution in [0.3, 0.4) is 0 Å². The first-order valence-corrected chi connectivity index (χ1v) is 10.7. The van der Waals surface area contributed by atoms with Crippen molar-refractivity contribution in [3.63, 3.8) is 0 Å². The maximum absolute atomic E-state index is 13.0. The molecule has 2 aliphatic rings. The molecule has 2 N–H and O–H groups in total. The molecule has 32 heavy (non-hydrogen) atoms. The number of β-amino-alcohol motifs (C(OH)–C–C–N with tert-alkyl or cyclic N) is 1. The van der Waals surface area contributed by atoms with Crippen molar-refractivity contribution in [1.82, 2.24) is 14.7 Å². The minimum atomic E-state index is -0.812. The van der Waals surface area contributed by atoms with Gasteiger partial charge >= 0.3 is 0 Å². The molecule has 3 aromatic rings. The molecule has 2 aliphatic heterocycles. The zero-order valence-corrected chi connectivity index (χ0v) is 17.5. The fourth-order valence-electron chi connectivity index (χ4n) is 4.22. The first-order valence-electron chi connectivity index (χ1n) is 10.7. The molecule has 164 valence electrons. The van der Waals surface area contributed by atoms with E-state index in [0.29, 0.717) is 37.1 Å². The van der Waals surface area contributed by atoms with Gasteiger partial charge in [0.25, 0.3) is 5.91 Å². The number of amides is 2. The number of fused-ring (bicyclic) bond motifs is 1. The van der Waals surface area contributed by atoms with Gasteiger partial charge in [0.15, 0.2) is 0 Å². The molecule has 1 saturated heterocycles. The van der Waals surface area contributed by atoms with Crippen LogP contribution in [0.15, 0.2) is 60.9 Å². The van der Waals surface area contributed by atoms with Crippen molar-refractivity contribution in [3.05, 3.63) is 72.1 Å². The average molecular weight is 432 g/mol. The van der Waals surface area contributed by atoms with E-state index in [9.17, 15) is 14.7 Å². The second kappa shape index (κ2) is 8.47. The van der Waals surface area contributed by atoms with Crippen molar-refractivity contribution >= 4 is 17.5 Å². The third kappa shape index (κ3) is 4.09. The van der Waals surface area contributed by atoms with Gasteiger partial charge in [-0.2, -0.15) is 5.10 Å². The van der Waals surface area contributed by atoms with Crippen LogP contribution in [-0.2, 0) is 11.2 Å². The minimum absolute atomic E-state index is 0.00173. The van der Waals surface area contributed by atoms with E-state index in [-0.39, 0.29) is 18.4 Å². The maximum Gasteiger partial charge on any atom is 0.254 e. The van der Waals surface area contributed by atoms with Crippen molar-refractivity contribution in [2.24, 2.45) is 0 Å². The Morgan fingerprint density at radius 1 is 1.16 bits per heavy atom. The molecule has 1 fully saturated rings. The summed E-state index contributed by atoms with van der Waals surface area (Å²) in [4.78, 5) is 26.3. The molecule has 2 amide bonds. The Morgan fingerprint density at radius 3 is 2.88 bits per heavy atom. The molecule has 0 unspecified atom stereocenters. The largest absolute Gasteiger partial charge is 0.488 e. The Hall–Kier alpha value is -3.65. The molecule has 0 spiro atoms. The number of carbonyl (C=O) groups is 2. The summed E-state index contributed by atoms with van der Waals surface area (Å²) in [6, 6.07) is 14.7. The first kappa shape index (κ1) is 20.3. The second-order valence-corrected chi connectivity index (χ2v) is 8.13. The van der Waals surface area contributed by atoms with Crippen molar-refractivity contribution < 1.29 is 19.4 Å². The summed E-state index contributed by atoms with van der Waals surface area (Å²) in [5.74, 6) is 0.466. The van der Waals surface area contributed by atoms with Gasteiger partial charge in [-0.25, -0.2) is 4.68 Å². The quantitative estimate of drug-likeness (QED) is 0.660. The Bertz CT molecular complexity index is 1140. The summed E-state index contributed by atoms with van der Waals surface area (Å²) in [7, 11) is 0. The van der Waals surface area contributed by atoms with Gasteiger partial charge in [0.2, 0.25) is 5.91 Å². The van der Waals surface area contributed by atoms with Crippen molar-refractivity contribution in [3.8, 4) is 11.4 Å². The second-order valence-electron chi connectivity index (χ2n) is 8.13. The Balaban J connectivity index is 1.24. The highest BCUT2D eigenvalue weighted by Gasteiger charge is 2.32. The van der Waals surface area contributed by atoms with Gasteiger partial charge in [0.1, 0.15) is 18.0 Å². The highest BCUT2D eigenvalue weighted by Crippen LogP contribution is 2.29. The van der Waals surface area contributed by atoms with Gasteiger partial charge < -0.3 is 20.1 Å². The van der Waals surface area contributed by atoms with Gasteiger partial charge in [-0.15, -0.1) is 0 Å². The SMILES string of the molecule is O=C1CCc2ccc(O[C@@H]3CCN(C(=O)c4cccc(-n5cccn5)c4)C[C@H]3O)cc2N1. The molecule has 5 rings (SSSR count). The van der Waals surface area contributed by atoms with Gasteiger partial charge in [-0.3, -0.25) is 9.59 Å². The molecular formula is C24H24N4O4. The number of hydrogen-bond acceptors (Lipinski definition) is 5. The zero-order chi connectivity index (χ0) is 22.1. The van der Waals surface area contributed by atoms with Crippen LogP contribution in [-0.4, -0.2) is 56.9 Å². The number of nitrogens with zero attached hydrogens (tertiary/aromatic N) is 3. The van der Waals surface area contributed by atoms with E-state index in [2.05, 4.69) is 10.4 Å². The number of anilines is 1. The number of piperidine rings is 1. The maximum atomic E-state index is 13.0.